The van der Waals surface area contributed by atoms with Crippen molar-refractivity contribution in [3.05, 3.63) is 47.0 Å². The van der Waals surface area contributed by atoms with Crippen LogP contribution in [0, 0.1) is 25.7 Å². The maximum Gasteiger partial charge on any atom is 0.239 e. The van der Waals surface area contributed by atoms with Crippen molar-refractivity contribution in [2.24, 2.45) is 11.8 Å². The number of likely N-dealkylation sites (tertiary alicyclic amines) is 1. The first kappa shape index (κ1) is 18.4. The molecule has 29 heavy (non-hydrogen) atoms. The number of fused-ring (bicyclic) bond motifs is 1. The topological polar surface area (TPSA) is 79.0 Å². The molecule has 7 nitrogen and oxygen atoms in total. The number of amides is 3. The number of piperazine rings is 1. The molecule has 1 N–H and O–H groups in total. The average Bonchev–Trinajstić information content (AvgIpc) is 3.33. The minimum Gasteiger partial charge on any atom is -0.360 e. The third-order valence-corrected chi connectivity index (χ3v) is 6.76. The quantitative estimate of drug-likeness (QED) is 0.758. The molecule has 3 amide bonds. The lowest BCUT2D eigenvalue weighted by Gasteiger charge is -2.32. The van der Waals surface area contributed by atoms with Gasteiger partial charge in [0.25, 0.3) is 0 Å². The van der Waals surface area contributed by atoms with Crippen molar-refractivity contribution in [2.45, 2.75) is 32.1 Å². The van der Waals surface area contributed by atoms with Gasteiger partial charge < -0.3 is 19.9 Å². The maximum atomic E-state index is 13.4. The number of nitrogens with zero attached hydrogens (tertiary/aromatic N) is 2. The molecule has 1 aromatic carbocycles. The van der Waals surface area contributed by atoms with Gasteiger partial charge in [0.2, 0.25) is 17.7 Å². The van der Waals surface area contributed by atoms with E-state index >= 15 is 0 Å². The molecule has 4 heterocycles. The molecule has 0 aromatic heterocycles. The van der Waals surface area contributed by atoms with Crippen LogP contribution in [0.4, 0.5) is 0 Å². The van der Waals surface area contributed by atoms with E-state index in [4.69, 9.17) is 4.74 Å². The SMILES string of the molecule is Cc1ccc(CN2C[C@]34C=C[C@H](O3)[C@H](C(=O)N3CCNC(=O)C3)[C@@H]4C2=O)cc1C. The Kier molecular flexibility index (Phi) is 4.07. The highest BCUT2D eigenvalue weighted by atomic mass is 16.5. The number of rotatable bonds is 3. The summed E-state index contributed by atoms with van der Waals surface area (Å²) in [5.74, 6) is -1.41. The van der Waals surface area contributed by atoms with Crippen LogP contribution in [0.1, 0.15) is 16.7 Å². The lowest BCUT2D eigenvalue weighted by atomic mass is 9.76. The second kappa shape index (κ2) is 6.42. The highest BCUT2D eigenvalue weighted by Crippen LogP contribution is 2.52. The lowest BCUT2D eigenvalue weighted by Crippen LogP contribution is -2.54. The van der Waals surface area contributed by atoms with E-state index in [-0.39, 0.29) is 30.4 Å². The van der Waals surface area contributed by atoms with Crippen molar-refractivity contribution in [2.75, 3.05) is 26.2 Å². The van der Waals surface area contributed by atoms with Crippen LogP contribution in [-0.4, -0.2) is 65.4 Å². The molecule has 7 heteroatoms. The minimum atomic E-state index is -0.722. The molecule has 0 saturated carbocycles. The summed E-state index contributed by atoms with van der Waals surface area (Å²) in [7, 11) is 0. The van der Waals surface area contributed by atoms with Gasteiger partial charge in [0.15, 0.2) is 0 Å². The summed E-state index contributed by atoms with van der Waals surface area (Å²) in [4.78, 5) is 41.7. The molecular weight excluding hydrogens is 370 g/mol. The van der Waals surface area contributed by atoms with Crippen molar-refractivity contribution in [1.82, 2.24) is 15.1 Å². The van der Waals surface area contributed by atoms with Gasteiger partial charge in [0.1, 0.15) is 5.60 Å². The number of carbonyl (C=O) groups excluding carboxylic acids is 3. The van der Waals surface area contributed by atoms with Crippen molar-refractivity contribution >= 4 is 17.7 Å². The Hall–Kier alpha value is -2.67. The predicted octanol–water partition coefficient (Wildman–Crippen LogP) is 0.544. The molecule has 152 valence electrons. The zero-order chi connectivity index (χ0) is 20.3. The molecule has 1 aromatic rings. The van der Waals surface area contributed by atoms with Crippen LogP contribution in [0.15, 0.2) is 30.4 Å². The van der Waals surface area contributed by atoms with Gasteiger partial charge in [0.05, 0.1) is 31.0 Å². The summed E-state index contributed by atoms with van der Waals surface area (Å²) in [6.45, 7) is 6.06. The fourth-order valence-corrected chi connectivity index (χ4v) is 5.15. The van der Waals surface area contributed by atoms with Crippen LogP contribution in [0.3, 0.4) is 0 Å². The number of hydrogen-bond acceptors (Lipinski definition) is 4. The lowest BCUT2D eigenvalue weighted by molar-refractivity contribution is -0.146. The molecule has 3 saturated heterocycles. The monoisotopic (exact) mass is 395 g/mol. The number of benzene rings is 1. The van der Waals surface area contributed by atoms with Crippen molar-refractivity contribution in [3.8, 4) is 0 Å². The summed E-state index contributed by atoms with van der Waals surface area (Å²) >= 11 is 0. The zero-order valence-electron chi connectivity index (χ0n) is 16.7. The molecular formula is C22H25N3O4. The Balaban J connectivity index is 1.39. The second-order valence-electron chi connectivity index (χ2n) is 8.62. The molecule has 3 fully saturated rings. The molecule has 0 unspecified atom stereocenters. The number of hydrogen-bond donors (Lipinski definition) is 1. The summed E-state index contributed by atoms with van der Waals surface area (Å²) < 4.78 is 6.19. The minimum absolute atomic E-state index is 0.0325. The van der Waals surface area contributed by atoms with Gasteiger partial charge in [0, 0.05) is 19.6 Å². The van der Waals surface area contributed by atoms with Gasteiger partial charge in [-0.1, -0.05) is 30.4 Å². The van der Waals surface area contributed by atoms with Gasteiger partial charge in [-0.15, -0.1) is 0 Å². The highest BCUT2D eigenvalue weighted by molar-refractivity contribution is 5.94. The van der Waals surface area contributed by atoms with Crippen molar-refractivity contribution in [1.29, 1.82) is 0 Å². The number of ether oxygens (including phenoxy) is 1. The van der Waals surface area contributed by atoms with Gasteiger partial charge in [-0.2, -0.15) is 0 Å². The Morgan fingerprint density at radius 3 is 2.86 bits per heavy atom. The average molecular weight is 395 g/mol. The molecule has 4 aliphatic rings. The van der Waals surface area contributed by atoms with E-state index in [9.17, 15) is 14.4 Å². The largest absolute Gasteiger partial charge is 0.360 e. The standard InChI is InChI=1S/C22H25N3O4/c1-13-3-4-15(9-14(13)2)10-25-12-22-6-5-16(29-22)18(19(22)21(25)28)20(27)24-8-7-23-17(26)11-24/h3-6,9,16,18-19H,7-8,10-12H2,1-2H3,(H,23,26)/t16-,18-,19+,22-/m0/s1. The summed E-state index contributed by atoms with van der Waals surface area (Å²) in [5, 5.41) is 2.73. The Morgan fingerprint density at radius 1 is 1.28 bits per heavy atom. The smallest absolute Gasteiger partial charge is 0.239 e. The summed E-state index contributed by atoms with van der Waals surface area (Å²) in [6.07, 6.45) is 3.49. The van der Waals surface area contributed by atoms with E-state index in [1.54, 1.807) is 4.90 Å². The fourth-order valence-electron chi connectivity index (χ4n) is 5.15. The van der Waals surface area contributed by atoms with Crippen LogP contribution in [0.25, 0.3) is 0 Å². The van der Waals surface area contributed by atoms with Gasteiger partial charge in [-0.3, -0.25) is 14.4 Å². The fraction of sp³-hybridized carbons (Fsp3) is 0.500. The molecule has 2 bridgehead atoms. The molecule has 1 spiro atoms. The van der Waals surface area contributed by atoms with Crippen LogP contribution >= 0.6 is 0 Å². The van der Waals surface area contributed by atoms with Crippen LogP contribution in [-0.2, 0) is 25.7 Å². The maximum absolute atomic E-state index is 13.4. The van der Waals surface area contributed by atoms with Gasteiger partial charge in [-0.25, -0.2) is 0 Å². The number of nitrogens with one attached hydrogen (secondary N) is 1. The molecule has 5 rings (SSSR count). The van der Waals surface area contributed by atoms with Crippen LogP contribution in [0.5, 0.6) is 0 Å². The predicted molar refractivity (Wildman–Crippen MR) is 105 cm³/mol. The summed E-state index contributed by atoms with van der Waals surface area (Å²) in [5.41, 5.74) is 2.77. The van der Waals surface area contributed by atoms with Crippen molar-refractivity contribution < 1.29 is 19.1 Å². The van der Waals surface area contributed by atoms with Crippen LogP contribution in [0.2, 0.25) is 0 Å². The molecule has 4 atom stereocenters. The number of aryl methyl sites for hydroxylation is 2. The Morgan fingerprint density at radius 2 is 2.10 bits per heavy atom. The van der Waals surface area contributed by atoms with Gasteiger partial charge >= 0.3 is 0 Å². The molecule has 4 aliphatic heterocycles. The normalized spacial score (nSPS) is 32.7. The third-order valence-electron chi connectivity index (χ3n) is 6.76. The summed E-state index contributed by atoms with van der Waals surface area (Å²) in [6, 6.07) is 6.22. The van der Waals surface area contributed by atoms with E-state index in [1.807, 2.05) is 23.1 Å². The second-order valence-corrected chi connectivity index (χ2v) is 8.62. The first-order valence-electron chi connectivity index (χ1n) is 10.2. The van der Waals surface area contributed by atoms with E-state index in [2.05, 4.69) is 31.3 Å². The number of carbonyl (C=O) groups is 3. The Labute approximate surface area is 169 Å². The first-order valence-corrected chi connectivity index (χ1v) is 10.2. The van der Waals surface area contributed by atoms with E-state index in [0.717, 1.165) is 5.56 Å². The Bertz CT molecular complexity index is 942. The highest BCUT2D eigenvalue weighted by Gasteiger charge is 2.67. The molecule has 0 aliphatic carbocycles. The van der Waals surface area contributed by atoms with Gasteiger partial charge in [-0.05, 0) is 30.5 Å². The van der Waals surface area contributed by atoms with E-state index in [1.165, 1.54) is 11.1 Å². The van der Waals surface area contributed by atoms with E-state index < -0.39 is 17.4 Å². The zero-order valence-corrected chi connectivity index (χ0v) is 16.7. The van der Waals surface area contributed by atoms with Crippen LogP contribution < -0.4 is 5.32 Å². The molecule has 0 radical (unpaired) electrons. The third kappa shape index (κ3) is 2.79. The first-order chi connectivity index (χ1) is 13.9. The van der Waals surface area contributed by atoms with Crippen molar-refractivity contribution in [3.63, 3.8) is 0 Å². The van der Waals surface area contributed by atoms with E-state index in [0.29, 0.717) is 26.2 Å².